The number of ether oxygens (including phenoxy) is 3. The Morgan fingerprint density at radius 2 is 1.69 bits per heavy atom. The van der Waals surface area contributed by atoms with Gasteiger partial charge < -0.3 is 19.5 Å². The lowest BCUT2D eigenvalue weighted by Gasteiger charge is -2.24. The van der Waals surface area contributed by atoms with E-state index in [0.717, 1.165) is 5.01 Å². The summed E-state index contributed by atoms with van der Waals surface area (Å²) in [7, 11) is 4.50. The van der Waals surface area contributed by atoms with Gasteiger partial charge in [0.25, 0.3) is 5.91 Å². The molecule has 0 spiro atoms. The molecule has 3 amide bonds. The van der Waals surface area contributed by atoms with E-state index in [9.17, 15) is 9.59 Å². The first-order valence-corrected chi connectivity index (χ1v) is 9.07. The maximum absolute atomic E-state index is 13.1. The van der Waals surface area contributed by atoms with Crippen LogP contribution < -0.4 is 19.5 Å². The second kappa shape index (κ2) is 8.22. The van der Waals surface area contributed by atoms with Crippen molar-refractivity contribution in [3.63, 3.8) is 0 Å². The molecule has 8 nitrogen and oxygen atoms in total. The van der Waals surface area contributed by atoms with Crippen LogP contribution in [-0.4, -0.2) is 44.5 Å². The smallest absolute Gasteiger partial charge is 0.346 e. The average Bonchev–Trinajstić information content (AvgIpc) is 3.02. The summed E-state index contributed by atoms with van der Waals surface area (Å²) in [5.41, 5.74) is 0.0962. The summed E-state index contributed by atoms with van der Waals surface area (Å²) >= 11 is 0. The van der Waals surface area contributed by atoms with Gasteiger partial charge in [-0.25, -0.2) is 4.79 Å². The Hall–Kier alpha value is -3.55. The molecule has 1 atom stereocenters. The van der Waals surface area contributed by atoms with Crippen molar-refractivity contribution >= 4 is 18.2 Å². The van der Waals surface area contributed by atoms with Crippen molar-refractivity contribution in [2.24, 2.45) is 5.10 Å². The highest BCUT2D eigenvalue weighted by atomic mass is 16.5. The molecular formula is C21H23N3O5. The number of hydrogen-bond donors (Lipinski definition) is 1. The number of imide groups is 1. The first-order chi connectivity index (χ1) is 14.0. The maximum Gasteiger partial charge on any atom is 0.346 e. The summed E-state index contributed by atoms with van der Waals surface area (Å²) < 4.78 is 16.0. The third kappa shape index (κ3) is 3.37. The molecule has 1 aliphatic rings. The highest BCUT2D eigenvalue weighted by molar-refractivity contribution is 6.08. The normalized spacial score (nSPS) is 18.8. The van der Waals surface area contributed by atoms with Crippen LogP contribution in [0.1, 0.15) is 24.5 Å². The van der Waals surface area contributed by atoms with Crippen LogP contribution >= 0.6 is 0 Å². The van der Waals surface area contributed by atoms with E-state index in [0.29, 0.717) is 34.8 Å². The lowest BCUT2D eigenvalue weighted by molar-refractivity contribution is -0.131. The Labute approximate surface area is 169 Å². The fourth-order valence-corrected chi connectivity index (χ4v) is 3.37. The van der Waals surface area contributed by atoms with Crippen LogP contribution in [0.25, 0.3) is 0 Å². The molecule has 8 heteroatoms. The molecule has 29 heavy (non-hydrogen) atoms. The average molecular weight is 397 g/mol. The predicted molar refractivity (Wildman–Crippen MR) is 107 cm³/mol. The van der Waals surface area contributed by atoms with Gasteiger partial charge in [-0.3, -0.25) is 4.79 Å². The molecule has 0 saturated carbocycles. The SMILES string of the molecule is CC[C@]1(c2ccccc2)NC(=O)N(/N=C\c2ccc(OC)c(OC)c2OC)C1=O. The number of carbonyl (C=O) groups excluding carboxylic acids is 2. The topological polar surface area (TPSA) is 89.5 Å². The summed E-state index contributed by atoms with van der Waals surface area (Å²) in [5, 5.41) is 7.76. The van der Waals surface area contributed by atoms with Crippen LogP contribution in [-0.2, 0) is 10.3 Å². The summed E-state index contributed by atoms with van der Waals surface area (Å²) in [6.07, 6.45) is 1.78. The number of hydrogen-bond acceptors (Lipinski definition) is 6. The summed E-state index contributed by atoms with van der Waals surface area (Å²) in [4.78, 5) is 25.7. The van der Waals surface area contributed by atoms with Crippen molar-refractivity contribution in [1.82, 2.24) is 10.3 Å². The van der Waals surface area contributed by atoms with E-state index >= 15 is 0 Å². The molecule has 152 valence electrons. The van der Waals surface area contributed by atoms with Crippen LogP contribution in [0, 0.1) is 0 Å². The molecule has 0 aliphatic carbocycles. The van der Waals surface area contributed by atoms with Crippen molar-refractivity contribution in [2.45, 2.75) is 18.9 Å². The number of hydrazone groups is 1. The first kappa shape index (κ1) is 20.2. The van der Waals surface area contributed by atoms with Crippen LogP contribution in [0.3, 0.4) is 0 Å². The minimum absolute atomic E-state index is 0.382. The zero-order valence-corrected chi connectivity index (χ0v) is 16.8. The Kier molecular flexibility index (Phi) is 5.72. The van der Waals surface area contributed by atoms with E-state index in [1.165, 1.54) is 27.5 Å². The number of benzene rings is 2. The molecule has 1 fully saturated rings. The molecular weight excluding hydrogens is 374 g/mol. The van der Waals surface area contributed by atoms with Crippen molar-refractivity contribution < 1.29 is 23.8 Å². The molecule has 1 N–H and O–H groups in total. The van der Waals surface area contributed by atoms with Gasteiger partial charge >= 0.3 is 6.03 Å². The zero-order chi connectivity index (χ0) is 21.0. The fraction of sp³-hybridized carbons (Fsp3) is 0.286. The Morgan fingerprint density at radius 3 is 2.28 bits per heavy atom. The third-order valence-electron chi connectivity index (χ3n) is 4.91. The second-order valence-electron chi connectivity index (χ2n) is 6.34. The number of methoxy groups -OCH3 is 3. The van der Waals surface area contributed by atoms with E-state index in [1.54, 1.807) is 12.1 Å². The summed E-state index contributed by atoms with van der Waals surface area (Å²) in [6, 6.07) is 11.9. The molecule has 0 bridgehead atoms. The standard InChI is InChI=1S/C21H23N3O5/c1-5-21(15-9-7-6-8-10-15)19(25)24(20(26)23-21)22-13-14-11-12-16(27-2)18(29-4)17(14)28-3/h6-13H,5H2,1-4H3,(H,23,26)/b22-13-/t21-/m1/s1. The molecule has 1 heterocycles. The van der Waals surface area contributed by atoms with E-state index < -0.39 is 17.5 Å². The van der Waals surface area contributed by atoms with Gasteiger partial charge in [0, 0.05) is 5.56 Å². The summed E-state index contributed by atoms with van der Waals surface area (Å²) in [5.74, 6) is 0.827. The van der Waals surface area contributed by atoms with Crippen LogP contribution in [0.4, 0.5) is 4.79 Å². The minimum Gasteiger partial charge on any atom is -0.493 e. The molecule has 2 aromatic rings. The van der Waals surface area contributed by atoms with Crippen molar-refractivity contribution in [3.8, 4) is 17.2 Å². The van der Waals surface area contributed by atoms with E-state index in [2.05, 4.69) is 10.4 Å². The van der Waals surface area contributed by atoms with Crippen LogP contribution in [0.15, 0.2) is 47.6 Å². The minimum atomic E-state index is -1.14. The lowest BCUT2D eigenvalue weighted by Crippen LogP contribution is -2.43. The van der Waals surface area contributed by atoms with Crippen molar-refractivity contribution in [1.29, 1.82) is 0 Å². The number of nitrogens with one attached hydrogen (secondary N) is 1. The van der Waals surface area contributed by atoms with E-state index in [4.69, 9.17) is 14.2 Å². The molecule has 0 unspecified atom stereocenters. The van der Waals surface area contributed by atoms with Crippen LogP contribution in [0.5, 0.6) is 17.2 Å². The predicted octanol–water partition coefficient (Wildman–Crippen LogP) is 2.90. The second-order valence-corrected chi connectivity index (χ2v) is 6.34. The molecule has 2 aromatic carbocycles. The first-order valence-electron chi connectivity index (χ1n) is 9.07. The lowest BCUT2D eigenvalue weighted by atomic mass is 9.87. The number of amides is 3. The number of rotatable bonds is 7. The summed E-state index contributed by atoms with van der Waals surface area (Å²) in [6.45, 7) is 1.84. The van der Waals surface area contributed by atoms with Gasteiger partial charge in [0.15, 0.2) is 11.5 Å². The Balaban J connectivity index is 1.96. The number of carbonyl (C=O) groups is 2. The number of urea groups is 1. The Bertz CT molecular complexity index is 945. The van der Waals surface area contributed by atoms with Gasteiger partial charge in [-0.1, -0.05) is 37.3 Å². The van der Waals surface area contributed by atoms with Crippen molar-refractivity contribution in [3.05, 3.63) is 53.6 Å². The van der Waals surface area contributed by atoms with Gasteiger partial charge in [0.1, 0.15) is 5.54 Å². The van der Waals surface area contributed by atoms with E-state index in [-0.39, 0.29) is 0 Å². The third-order valence-corrected chi connectivity index (χ3v) is 4.91. The molecule has 0 aromatic heterocycles. The quantitative estimate of drug-likeness (QED) is 0.573. The molecule has 1 saturated heterocycles. The monoisotopic (exact) mass is 397 g/mol. The molecule has 1 aliphatic heterocycles. The van der Waals surface area contributed by atoms with Gasteiger partial charge in [-0.05, 0) is 24.1 Å². The fourth-order valence-electron chi connectivity index (χ4n) is 3.37. The van der Waals surface area contributed by atoms with Gasteiger partial charge in [0.05, 0.1) is 27.5 Å². The largest absolute Gasteiger partial charge is 0.493 e. The van der Waals surface area contributed by atoms with Crippen LogP contribution in [0.2, 0.25) is 0 Å². The maximum atomic E-state index is 13.1. The molecule has 3 rings (SSSR count). The Morgan fingerprint density at radius 1 is 1.00 bits per heavy atom. The molecule has 0 radical (unpaired) electrons. The van der Waals surface area contributed by atoms with Gasteiger partial charge in [0.2, 0.25) is 5.75 Å². The highest BCUT2D eigenvalue weighted by Crippen LogP contribution is 2.39. The van der Waals surface area contributed by atoms with Crippen molar-refractivity contribution in [2.75, 3.05) is 21.3 Å². The highest BCUT2D eigenvalue weighted by Gasteiger charge is 2.51. The van der Waals surface area contributed by atoms with Gasteiger partial charge in [-0.2, -0.15) is 5.10 Å². The number of nitrogens with zero attached hydrogens (tertiary/aromatic N) is 2. The van der Waals surface area contributed by atoms with Gasteiger partial charge in [-0.15, -0.1) is 5.01 Å². The van der Waals surface area contributed by atoms with E-state index in [1.807, 2.05) is 37.3 Å². The zero-order valence-electron chi connectivity index (χ0n) is 16.8.